The van der Waals surface area contributed by atoms with Gasteiger partial charge in [-0.1, -0.05) is 205 Å². The molecule has 0 radical (unpaired) electrons. The average molecular weight is 683 g/mol. The summed E-state index contributed by atoms with van der Waals surface area (Å²) in [5.41, 5.74) is 11.5. The molecule has 0 fully saturated rings. The third-order valence-electron chi connectivity index (χ3n) is 8.76. The van der Waals surface area contributed by atoms with Crippen molar-refractivity contribution in [2.24, 2.45) is 0 Å². The number of hydrogen-bond donors (Lipinski definition) is 0. The fraction of sp³-hybridized carbons (Fsp3) is 0.192. The van der Waals surface area contributed by atoms with Gasteiger partial charge in [0.2, 0.25) is 0 Å². The summed E-state index contributed by atoms with van der Waals surface area (Å²) in [5.74, 6) is 0. The Balaban J connectivity index is 0.000000294. The lowest BCUT2D eigenvalue weighted by Crippen LogP contribution is -1.91. The van der Waals surface area contributed by atoms with E-state index in [1.165, 1.54) is 82.4 Å². The SMILES string of the molecule is C=C/C(=C(C)\C=C/C)c1ccccc1C.CC.CC.CC.Cc1cccc(-c2c3ccccc3c(-c3ccc4ccccc4c3)c3ccccc23)c1. The molecule has 0 amide bonds. The van der Waals surface area contributed by atoms with Gasteiger partial charge in [-0.3, -0.25) is 0 Å². The predicted octanol–water partition coefficient (Wildman–Crippen LogP) is 16.4. The standard InChI is InChI=1S/C31H22.C15H18.3C2H6/c1-21-9-8-12-24(19-21)30-26-13-4-6-15-28(26)31(29-16-7-5-14-27(29)30)25-18-17-22-10-2-3-11-23(22)20-25;1-5-9-12(3)14(6-2)15-11-8-7-10-13(15)4;3*1-2/h2-20H,1H3;5-11H,2H2,1,3-4H3;3*1-2H3/b;9-5-,14-12+;;;. The Morgan fingerprint density at radius 1 is 0.500 bits per heavy atom. The predicted molar refractivity (Wildman–Crippen MR) is 237 cm³/mol. The summed E-state index contributed by atoms with van der Waals surface area (Å²) in [6.45, 7) is 24.3. The van der Waals surface area contributed by atoms with E-state index in [9.17, 15) is 0 Å². The van der Waals surface area contributed by atoms with Crippen LogP contribution in [0.25, 0.3) is 60.1 Å². The van der Waals surface area contributed by atoms with E-state index in [2.05, 4.69) is 179 Å². The third kappa shape index (κ3) is 9.45. The molecule has 0 bridgehead atoms. The Hall–Kier alpha value is -5.46. The van der Waals surface area contributed by atoms with Crippen LogP contribution in [-0.4, -0.2) is 0 Å². The zero-order valence-corrected chi connectivity index (χ0v) is 33.2. The van der Waals surface area contributed by atoms with Crippen molar-refractivity contribution in [3.05, 3.63) is 187 Å². The normalized spacial score (nSPS) is 10.8. The number of hydrogen-bond acceptors (Lipinski definition) is 0. The summed E-state index contributed by atoms with van der Waals surface area (Å²) in [6, 6.07) is 50.4. The number of rotatable bonds is 5. The van der Waals surface area contributed by atoms with Crippen molar-refractivity contribution < 1.29 is 0 Å². The summed E-state index contributed by atoms with van der Waals surface area (Å²) < 4.78 is 0. The van der Waals surface area contributed by atoms with Crippen LogP contribution in [0.15, 0.2) is 170 Å². The van der Waals surface area contributed by atoms with Gasteiger partial charge in [0, 0.05) is 0 Å². The maximum Gasteiger partial charge on any atom is -0.00262 e. The van der Waals surface area contributed by atoms with Gasteiger partial charge in [0.15, 0.2) is 0 Å². The van der Waals surface area contributed by atoms with E-state index in [0.29, 0.717) is 0 Å². The molecule has 0 spiro atoms. The van der Waals surface area contributed by atoms with Gasteiger partial charge in [0.1, 0.15) is 0 Å². The molecule has 0 saturated carbocycles. The smallest absolute Gasteiger partial charge is 0.00262 e. The van der Waals surface area contributed by atoms with E-state index >= 15 is 0 Å². The van der Waals surface area contributed by atoms with Crippen molar-refractivity contribution in [1.29, 1.82) is 0 Å². The highest BCUT2D eigenvalue weighted by molar-refractivity contribution is 6.21. The first-order chi connectivity index (χ1) is 25.5. The molecule has 7 aromatic carbocycles. The molecule has 0 aliphatic carbocycles. The van der Waals surface area contributed by atoms with Gasteiger partial charge in [-0.25, -0.2) is 0 Å². The van der Waals surface area contributed by atoms with E-state index in [-0.39, 0.29) is 0 Å². The van der Waals surface area contributed by atoms with Crippen LogP contribution in [0.3, 0.4) is 0 Å². The van der Waals surface area contributed by atoms with Crippen molar-refractivity contribution in [2.75, 3.05) is 0 Å². The molecular weight excluding hydrogens is 625 g/mol. The zero-order valence-electron chi connectivity index (χ0n) is 33.2. The van der Waals surface area contributed by atoms with Crippen LogP contribution in [0.5, 0.6) is 0 Å². The lowest BCUT2D eigenvalue weighted by atomic mass is 9.85. The zero-order chi connectivity index (χ0) is 38.0. The first kappa shape index (κ1) is 41.0. The minimum absolute atomic E-state index is 1.21. The summed E-state index contributed by atoms with van der Waals surface area (Å²) in [4.78, 5) is 0. The van der Waals surface area contributed by atoms with Crippen LogP contribution in [0.1, 0.15) is 72.1 Å². The molecule has 0 N–H and O–H groups in total. The van der Waals surface area contributed by atoms with Crippen molar-refractivity contribution in [3.8, 4) is 22.3 Å². The lowest BCUT2D eigenvalue weighted by molar-refractivity contribution is 1.40. The van der Waals surface area contributed by atoms with E-state index in [1.807, 2.05) is 54.5 Å². The minimum atomic E-state index is 1.21. The van der Waals surface area contributed by atoms with Gasteiger partial charge >= 0.3 is 0 Å². The van der Waals surface area contributed by atoms with Crippen LogP contribution in [0, 0.1) is 13.8 Å². The molecule has 0 nitrogen and oxygen atoms in total. The van der Waals surface area contributed by atoms with Crippen molar-refractivity contribution >= 4 is 37.9 Å². The molecule has 0 aromatic heterocycles. The highest BCUT2D eigenvalue weighted by Crippen LogP contribution is 2.44. The molecule has 0 aliphatic rings. The number of allylic oxidation sites excluding steroid dienone is 5. The van der Waals surface area contributed by atoms with E-state index in [1.54, 1.807) is 0 Å². The maximum absolute atomic E-state index is 3.89. The summed E-state index contributed by atoms with van der Waals surface area (Å²) >= 11 is 0. The molecule has 7 aromatic rings. The molecule has 0 aliphatic heterocycles. The second kappa shape index (κ2) is 21.0. The summed E-state index contributed by atoms with van der Waals surface area (Å²) in [5, 5.41) is 7.75. The van der Waals surface area contributed by atoms with Gasteiger partial charge in [-0.05, 0) is 111 Å². The van der Waals surface area contributed by atoms with Gasteiger partial charge in [-0.15, -0.1) is 0 Å². The van der Waals surface area contributed by atoms with Crippen LogP contribution >= 0.6 is 0 Å². The Morgan fingerprint density at radius 3 is 1.48 bits per heavy atom. The van der Waals surface area contributed by atoms with Gasteiger partial charge < -0.3 is 0 Å². The second-order valence-electron chi connectivity index (χ2n) is 11.9. The molecule has 0 heterocycles. The number of fused-ring (bicyclic) bond motifs is 3. The van der Waals surface area contributed by atoms with Gasteiger partial charge in [0.05, 0.1) is 0 Å². The van der Waals surface area contributed by atoms with Gasteiger partial charge in [0.25, 0.3) is 0 Å². The lowest BCUT2D eigenvalue weighted by Gasteiger charge is -2.18. The fourth-order valence-electron chi connectivity index (χ4n) is 6.59. The fourth-order valence-corrected chi connectivity index (χ4v) is 6.59. The van der Waals surface area contributed by atoms with Crippen molar-refractivity contribution in [3.63, 3.8) is 0 Å². The Bertz CT molecular complexity index is 2200. The molecule has 0 unspecified atom stereocenters. The van der Waals surface area contributed by atoms with Crippen LogP contribution in [-0.2, 0) is 0 Å². The van der Waals surface area contributed by atoms with Crippen LogP contribution < -0.4 is 0 Å². The monoisotopic (exact) mass is 682 g/mol. The molecule has 52 heavy (non-hydrogen) atoms. The Labute approximate surface area is 314 Å². The minimum Gasteiger partial charge on any atom is -0.0984 e. The largest absolute Gasteiger partial charge is 0.0984 e. The Kier molecular flexibility index (Phi) is 16.6. The molecule has 0 atom stereocenters. The van der Waals surface area contributed by atoms with E-state index in [0.717, 1.165) is 0 Å². The maximum atomic E-state index is 3.89. The summed E-state index contributed by atoms with van der Waals surface area (Å²) in [6.07, 6.45) is 6.10. The Morgan fingerprint density at radius 2 is 0.981 bits per heavy atom. The first-order valence-electron chi connectivity index (χ1n) is 19.0. The average Bonchev–Trinajstić information content (AvgIpc) is 3.20. The topological polar surface area (TPSA) is 0 Å². The molecule has 0 saturated heterocycles. The molecular formula is C52H58. The first-order valence-corrected chi connectivity index (χ1v) is 19.0. The van der Waals surface area contributed by atoms with Crippen molar-refractivity contribution in [2.45, 2.75) is 69.2 Å². The third-order valence-corrected chi connectivity index (χ3v) is 8.76. The van der Waals surface area contributed by atoms with Crippen LogP contribution in [0.4, 0.5) is 0 Å². The quantitative estimate of drug-likeness (QED) is 0.125. The highest BCUT2D eigenvalue weighted by atomic mass is 14.2. The van der Waals surface area contributed by atoms with Gasteiger partial charge in [-0.2, -0.15) is 0 Å². The van der Waals surface area contributed by atoms with E-state index < -0.39 is 0 Å². The number of benzene rings is 7. The van der Waals surface area contributed by atoms with Crippen molar-refractivity contribution in [1.82, 2.24) is 0 Å². The highest BCUT2D eigenvalue weighted by Gasteiger charge is 2.16. The van der Waals surface area contributed by atoms with E-state index in [4.69, 9.17) is 0 Å². The van der Waals surface area contributed by atoms with Crippen LogP contribution in [0.2, 0.25) is 0 Å². The molecule has 7 rings (SSSR count). The second-order valence-corrected chi connectivity index (χ2v) is 11.9. The molecule has 0 heteroatoms. The molecule has 266 valence electrons. The summed E-state index contributed by atoms with van der Waals surface area (Å²) in [7, 11) is 0. The number of aryl methyl sites for hydroxylation is 2.